The van der Waals surface area contributed by atoms with E-state index in [1.54, 1.807) is 0 Å². The first-order chi connectivity index (χ1) is 7.75. The summed E-state index contributed by atoms with van der Waals surface area (Å²) < 4.78 is 24.4. The van der Waals surface area contributed by atoms with Crippen molar-refractivity contribution in [2.24, 2.45) is 5.92 Å². The van der Waals surface area contributed by atoms with E-state index >= 15 is 0 Å². The molecule has 16 heavy (non-hydrogen) atoms. The third kappa shape index (κ3) is 3.05. The molecule has 0 radical (unpaired) electrons. The second kappa shape index (κ2) is 5.45. The fourth-order valence-electron chi connectivity index (χ4n) is 1.75. The van der Waals surface area contributed by atoms with E-state index in [0.29, 0.717) is 11.7 Å². The molecule has 0 aromatic carbocycles. The van der Waals surface area contributed by atoms with Crippen molar-refractivity contribution in [2.75, 3.05) is 18.8 Å². The number of aromatic nitrogens is 2. The third-order valence-corrected chi connectivity index (χ3v) is 4.04. The summed E-state index contributed by atoms with van der Waals surface area (Å²) in [5.41, 5.74) is 0. The van der Waals surface area contributed by atoms with Crippen molar-refractivity contribution in [3.05, 3.63) is 18.2 Å². The third-order valence-electron chi connectivity index (χ3n) is 2.65. The predicted octanol–water partition coefficient (Wildman–Crippen LogP) is 0.723. The van der Waals surface area contributed by atoms with Crippen LogP contribution in [0.2, 0.25) is 0 Å². The van der Waals surface area contributed by atoms with Gasteiger partial charge < -0.3 is 5.32 Å². The molecule has 0 unspecified atom stereocenters. The van der Waals surface area contributed by atoms with Crippen LogP contribution in [-0.4, -0.2) is 33.0 Å². The Kier molecular flexibility index (Phi) is 3.95. The van der Waals surface area contributed by atoms with E-state index in [9.17, 15) is 8.60 Å². The highest BCUT2D eigenvalue weighted by molar-refractivity contribution is 7.84. The summed E-state index contributed by atoms with van der Waals surface area (Å²) >= 11 is 0. The van der Waals surface area contributed by atoms with E-state index in [4.69, 9.17) is 0 Å². The zero-order valence-corrected chi connectivity index (χ0v) is 9.67. The number of hydrogen-bond donors (Lipinski definition) is 1. The molecule has 1 aromatic heterocycles. The molecule has 1 aromatic rings. The lowest BCUT2D eigenvalue weighted by atomic mass is 10.0. The van der Waals surface area contributed by atoms with Gasteiger partial charge in [0, 0.05) is 5.75 Å². The van der Waals surface area contributed by atoms with Gasteiger partial charge in [-0.05, 0) is 31.8 Å². The highest BCUT2D eigenvalue weighted by Crippen LogP contribution is 2.14. The molecule has 0 aliphatic carbocycles. The van der Waals surface area contributed by atoms with Crippen molar-refractivity contribution in [3.63, 3.8) is 0 Å². The van der Waals surface area contributed by atoms with E-state index in [1.807, 2.05) is 0 Å². The molecule has 1 saturated heterocycles. The van der Waals surface area contributed by atoms with Crippen LogP contribution in [0, 0.1) is 11.7 Å². The number of nitrogens with one attached hydrogen (secondary N) is 1. The minimum Gasteiger partial charge on any atom is -0.317 e. The van der Waals surface area contributed by atoms with E-state index in [2.05, 4.69) is 15.3 Å². The summed E-state index contributed by atoms with van der Waals surface area (Å²) in [7, 11) is -1.21. The molecule has 4 nitrogen and oxygen atoms in total. The molecule has 0 saturated carbocycles. The molecule has 88 valence electrons. The molecule has 1 N–H and O–H groups in total. The summed E-state index contributed by atoms with van der Waals surface area (Å²) in [4.78, 5) is 7.48. The summed E-state index contributed by atoms with van der Waals surface area (Å²) in [5, 5.41) is 3.49. The summed E-state index contributed by atoms with van der Waals surface area (Å²) in [6.45, 7) is 1.96. The lowest BCUT2D eigenvalue weighted by Crippen LogP contribution is -2.30. The second-order valence-corrected chi connectivity index (χ2v) is 5.28. The van der Waals surface area contributed by atoms with Crippen LogP contribution < -0.4 is 5.32 Å². The van der Waals surface area contributed by atoms with Crippen LogP contribution in [-0.2, 0) is 10.8 Å². The number of piperidine rings is 1. The average molecular weight is 243 g/mol. The summed E-state index contributed by atoms with van der Waals surface area (Å²) in [6, 6.07) is 0. The molecule has 0 spiro atoms. The van der Waals surface area contributed by atoms with E-state index < -0.39 is 16.6 Å². The maximum absolute atomic E-state index is 12.6. The minimum absolute atomic E-state index is 0.236. The molecule has 1 aliphatic rings. The van der Waals surface area contributed by atoms with Crippen LogP contribution in [0.15, 0.2) is 17.6 Å². The Labute approximate surface area is 96.1 Å². The number of halogens is 1. The van der Waals surface area contributed by atoms with Gasteiger partial charge in [-0.1, -0.05) is 0 Å². The zero-order valence-electron chi connectivity index (χ0n) is 8.86. The molecule has 1 fully saturated rings. The molecular formula is C10H14FN3OS. The highest BCUT2D eigenvalue weighted by atomic mass is 32.2. The van der Waals surface area contributed by atoms with Gasteiger partial charge in [0.15, 0.2) is 5.82 Å². The molecular weight excluding hydrogens is 229 g/mol. The topological polar surface area (TPSA) is 54.9 Å². The largest absolute Gasteiger partial charge is 0.317 e. The van der Waals surface area contributed by atoms with Gasteiger partial charge in [-0.25, -0.2) is 14.4 Å². The fraction of sp³-hybridized carbons (Fsp3) is 0.600. The van der Waals surface area contributed by atoms with Crippen molar-refractivity contribution >= 4 is 10.8 Å². The van der Waals surface area contributed by atoms with Crippen LogP contribution in [0.4, 0.5) is 4.39 Å². The Hall–Kier alpha value is -0.880. The van der Waals surface area contributed by atoms with Crippen LogP contribution in [0.1, 0.15) is 12.8 Å². The van der Waals surface area contributed by atoms with Crippen molar-refractivity contribution in [1.82, 2.24) is 15.3 Å². The highest BCUT2D eigenvalue weighted by Gasteiger charge is 2.18. The number of hydrogen-bond acceptors (Lipinski definition) is 4. The quantitative estimate of drug-likeness (QED) is 0.795. The molecule has 0 amide bonds. The van der Waals surface area contributed by atoms with Gasteiger partial charge in [0.1, 0.15) is 0 Å². The number of rotatable bonds is 3. The van der Waals surface area contributed by atoms with Gasteiger partial charge in [0.25, 0.3) is 0 Å². The monoisotopic (exact) mass is 243 g/mol. The molecule has 1 aliphatic heterocycles. The fourth-order valence-corrected chi connectivity index (χ4v) is 3.01. The Morgan fingerprint density at radius 3 is 2.62 bits per heavy atom. The predicted molar refractivity (Wildman–Crippen MR) is 58.9 cm³/mol. The van der Waals surface area contributed by atoms with Crippen molar-refractivity contribution in [2.45, 2.75) is 18.0 Å². The van der Waals surface area contributed by atoms with Gasteiger partial charge in [-0.3, -0.25) is 4.21 Å². The van der Waals surface area contributed by atoms with Gasteiger partial charge >= 0.3 is 0 Å². The van der Waals surface area contributed by atoms with Crippen molar-refractivity contribution in [1.29, 1.82) is 0 Å². The van der Waals surface area contributed by atoms with Gasteiger partial charge in [-0.15, -0.1) is 0 Å². The second-order valence-electron chi connectivity index (χ2n) is 3.89. The summed E-state index contributed by atoms with van der Waals surface area (Å²) in [5.74, 6) is 0.534. The van der Waals surface area contributed by atoms with Crippen LogP contribution >= 0.6 is 0 Å². The van der Waals surface area contributed by atoms with Gasteiger partial charge in [0.2, 0.25) is 5.16 Å². The Morgan fingerprint density at radius 2 is 2.00 bits per heavy atom. The van der Waals surface area contributed by atoms with Crippen molar-refractivity contribution in [3.8, 4) is 0 Å². The van der Waals surface area contributed by atoms with E-state index in [1.165, 1.54) is 0 Å². The Morgan fingerprint density at radius 1 is 1.38 bits per heavy atom. The SMILES string of the molecule is O=[S@@](CC1CCNCC1)c1ncc(F)cn1. The Bertz CT molecular complexity index is 365. The first kappa shape index (κ1) is 11.6. The number of nitrogens with zero attached hydrogens (tertiary/aromatic N) is 2. The minimum atomic E-state index is -1.21. The lowest BCUT2D eigenvalue weighted by Gasteiger charge is -2.21. The van der Waals surface area contributed by atoms with Crippen molar-refractivity contribution < 1.29 is 8.60 Å². The van der Waals surface area contributed by atoms with E-state index in [0.717, 1.165) is 38.3 Å². The first-order valence-electron chi connectivity index (χ1n) is 5.32. The lowest BCUT2D eigenvalue weighted by molar-refractivity contribution is 0.405. The molecule has 6 heteroatoms. The van der Waals surface area contributed by atoms with E-state index in [-0.39, 0.29) is 5.16 Å². The van der Waals surface area contributed by atoms with Crippen LogP contribution in [0.5, 0.6) is 0 Å². The molecule has 1 atom stereocenters. The smallest absolute Gasteiger partial charge is 0.218 e. The standard InChI is InChI=1S/C10H14FN3OS/c11-9-5-13-10(14-6-9)16(15)7-8-1-3-12-4-2-8/h5-6,8,12H,1-4,7H2/t16-/m0/s1. The molecule has 2 heterocycles. The van der Waals surface area contributed by atoms with Gasteiger partial charge in [0.05, 0.1) is 23.2 Å². The van der Waals surface area contributed by atoms with Crippen LogP contribution in [0.3, 0.4) is 0 Å². The first-order valence-corrected chi connectivity index (χ1v) is 6.64. The average Bonchev–Trinajstić information content (AvgIpc) is 2.31. The normalized spacial score (nSPS) is 19.6. The summed E-state index contributed by atoms with van der Waals surface area (Å²) in [6.07, 6.45) is 4.19. The maximum atomic E-state index is 12.6. The Balaban J connectivity index is 1.94. The molecule has 2 rings (SSSR count). The van der Waals surface area contributed by atoms with Crippen LogP contribution in [0.25, 0.3) is 0 Å². The zero-order chi connectivity index (χ0) is 11.4. The maximum Gasteiger partial charge on any atom is 0.218 e. The molecule has 0 bridgehead atoms. The van der Waals surface area contributed by atoms with Gasteiger partial charge in [-0.2, -0.15) is 0 Å².